The molecule has 44 heavy (non-hydrogen) atoms. The highest BCUT2D eigenvalue weighted by Gasteiger charge is 2.50. The number of hydrogen-bond acceptors (Lipinski definition) is 4. The smallest absolute Gasteiger partial charge is 0.324 e. The van der Waals surface area contributed by atoms with Gasteiger partial charge in [0.25, 0.3) is 0 Å². The molecule has 0 bridgehead atoms. The van der Waals surface area contributed by atoms with Gasteiger partial charge in [-0.05, 0) is 76.3 Å². The molecule has 0 fully saturated rings. The van der Waals surface area contributed by atoms with Crippen LogP contribution in [-0.2, 0) is 19.7 Å². The van der Waals surface area contributed by atoms with E-state index in [-0.39, 0.29) is 30.3 Å². The van der Waals surface area contributed by atoms with Crippen molar-refractivity contribution in [2.45, 2.75) is 66.7 Å². The molecule has 0 radical (unpaired) electrons. The van der Waals surface area contributed by atoms with Gasteiger partial charge in [0.1, 0.15) is 6.54 Å². The Morgan fingerprint density at radius 2 is 1.70 bits per heavy atom. The molecule has 2 heterocycles. The summed E-state index contributed by atoms with van der Waals surface area (Å²) in [4.78, 5) is 28.5. The van der Waals surface area contributed by atoms with Crippen molar-refractivity contribution in [3.8, 4) is 0 Å². The fourth-order valence-electron chi connectivity index (χ4n) is 7.11. The van der Waals surface area contributed by atoms with Gasteiger partial charge in [0.05, 0.1) is 12.0 Å². The number of carboxylic acid groups (broad SMARTS) is 1. The van der Waals surface area contributed by atoms with Crippen LogP contribution in [0.1, 0.15) is 66.9 Å². The predicted molar refractivity (Wildman–Crippen MR) is 179 cm³/mol. The molecule has 4 rings (SSSR count). The van der Waals surface area contributed by atoms with Crippen LogP contribution < -0.4 is 4.90 Å². The molecule has 1 unspecified atom stereocenters. The third kappa shape index (κ3) is 5.36. The van der Waals surface area contributed by atoms with E-state index in [4.69, 9.17) is 4.74 Å². The Balaban J connectivity index is 1.84. The lowest BCUT2D eigenvalue weighted by Gasteiger charge is -2.32. The van der Waals surface area contributed by atoms with Gasteiger partial charge in [-0.25, -0.2) is 0 Å². The molecule has 1 aromatic rings. The highest BCUT2D eigenvalue weighted by Crippen LogP contribution is 2.48. The average molecular weight is 596 g/mol. The molecule has 1 aromatic carbocycles. The van der Waals surface area contributed by atoms with Crippen molar-refractivity contribution in [1.82, 2.24) is 0 Å². The summed E-state index contributed by atoms with van der Waals surface area (Å²) in [5.41, 5.74) is 5.97. The molecule has 6 heteroatoms. The van der Waals surface area contributed by atoms with Crippen LogP contribution in [0.2, 0.25) is 0 Å². The summed E-state index contributed by atoms with van der Waals surface area (Å²) in [7, 11) is 0. The van der Waals surface area contributed by atoms with E-state index in [1.807, 2.05) is 36.5 Å². The molecule has 2 aliphatic heterocycles. The quantitative estimate of drug-likeness (QED) is 0.171. The lowest BCUT2D eigenvalue weighted by molar-refractivity contribution is -0.465. The Bertz CT molecular complexity index is 1580. The first-order valence-corrected chi connectivity index (χ1v) is 15.6. The summed E-state index contributed by atoms with van der Waals surface area (Å²) < 4.78 is 7.58. The number of aliphatic carboxylic acids is 1. The number of hydrogen-bond donors (Lipinski definition) is 1. The number of rotatable bonds is 10. The molecule has 1 atom stereocenters. The van der Waals surface area contributed by atoms with Crippen molar-refractivity contribution in [3.05, 3.63) is 114 Å². The van der Waals surface area contributed by atoms with Crippen LogP contribution in [0.5, 0.6) is 0 Å². The first-order chi connectivity index (χ1) is 20.8. The number of carbonyl (C=O) groups is 2. The Labute approximate surface area is 262 Å². The van der Waals surface area contributed by atoms with Crippen molar-refractivity contribution >= 4 is 23.3 Å². The fourth-order valence-corrected chi connectivity index (χ4v) is 7.11. The van der Waals surface area contributed by atoms with Crippen LogP contribution in [0.25, 0.3) is 0 Å². The molecule has 3 aliphatic rings. The lowest BCUT2D eigenvalue weighted by atomic mass is 9.71. The Morgan fingerprint density at radius 3 is 2.30 bits per heavy atom. The standard InChI is InChI=1S/C38H46N2O4/c1-10-28-30(11-2)39(12-3)32(36(28,6)7)21-19-26-23-27(25-38(24-26,34(41)42)35(43)44-14-5)20-22-33-37(8,9)29-17-15-16-18-31(29)40(33)13-4/h10-11,15-23H,1-2,12-14,24-25H2,3-9H3/p+1. The number of likely N-dealkylation sites (N-methyl/N-ethyl adjacent to an activating group) is 2. The van der Waals surface area contributed by atoms with E-state index in [0.29, 0.717) is 0 Å². The number of anilines is 1. The van der Waals surface area contributed by atoms with E-state index in [1.165, 1.54) is 11.3 Å². The van der Waals surface area contributed by atoms with Gasteiger partial charge in [-0.1, -0.05) is 69.5 Å². The van der Waals surface area contributed by atoms with Crippen LogP contribution in [0.4, 0.5) is 5.69 Å². The first kappa shape index (κ1) is 32.7. The number of ether oxygens (including phenoxy) is 1. The van der Waals surface area contributed by atoms with Crippen molar-refractivity contribution in [1.29, 1.82) is 0 Å². The minimum Gasteiger partial charge on any atom is -0.480 e. The van der Waals surface area contributed by atoms with Crippen LogP contribution in [0, 0.1) is 10.8 Å². The number of benzene rings is 1. The van der Waals surface area contributed by atoms with E-state index < -0.39 is 17.4 Å². The van der Waals surface area contributed by atoms with Gasteiger partial charge in [-0.3, -0.25) is 9.59 Å². The number of fused-ring (bicyclic) bond motifs is 1. The minimum atomic E-state index is -1.72. The molecule has 1 aliphatic carbocycles. The summed E-state index contributed by atoms with van der Waals surface area (Å²) >= 11 is 0. The molecule has 0 spiro atoms. The third-order valence-corrected chi connectivity index (χ3v) is 9.37. The normalized spacial score (nSPS) is 24.2. The maximum atomic E-state index is 13.3. The molecule has 232 valence electrons. The van der Waals surface area contributed by atoms with Crippen molar-refractivity contribution < 1.29 is 24.0 Å². The van der Waals surface area contributed by atoms with E-state index in [2.05, 4.69) is 94.5 Å². The molecule has 0 saturated carbocycles. The van der Waals surface area contributed by atoms with Gasteiger partial charge in [-0.2, -0.15) is 4.58 Å². The summed E-state index contributed by atoms with van der Waals surface area (Å²) in [6.07, 6.45) is 13.9. The van der Waals surface area contributed by atoms with Gasteiger partial charge < -0.3 is 14.7 Å². The van der Waals surface area contributed by atoms with E-state index in [9.17, 15) is 14.7 Å². The van der Waals surface area contributed by atoms with Crippen molar-refractivity contribution in [2.24, 2.45) is 10.8 Å². The Morgan fingerprint density at radius 1 is 1.00 bits per heavy atom. The van der Waals surface area contributed by atoms with E-state index >= 15 is 0 Å². The van der Waals surface area contributed by atoms with E-state index in [1.54, 1.807) is 6.92 Å². The van der Waals surface area contributed by atoms with Gasteiger partial charge >= 0.3 is 11.9 Å². The average Bonchev–Trinajstić information content (AvgIpc) is 3.35. The van der Waals surface area contributed by atoms with E-state index in [0.717, 1.165) is 46.9 Å². The molecular formula is C38H47N2O4+. The van der Waals surface area contributed by atoms with Crippen LogP contribution in [0.15, 0.2) is 108 Å². The van der Waals surface area contributed by atoms with Crippen LogP contribution in [0.3, 0.4) is 0 Å². The van der Waals surface area contributed by atoms with Crippen LogP contribution in [-0.4, -0.2) is 47.0 Å². The minimum absolute atomic E-state index is 0.0412. The number of carboxylic acids is 1. The summed E-state index contributed by atoms with van der Waals surface area (Å²) in [6, 6.07) is 8.42. The van der Waals surface area contributed by atoms with Crippen molar-refractivity contribution in [2.75, 3.05) is 24.6 Å². The third-order valence-electron chi connectivity index (χ3n) is 9.37. The topological polar surface area (TPSA) is 69.9 Å². The maximum Gasteiger partial charge on any atom is 0.324 e. The SMILES string of the molecule is C=CC1=C(C=C)C(C)(C)C(/C=C/C2=CC(=C/C=C3/N(CC)c4ccccc4C3(C)C)/CC(C(=O)O)(C(=O)OCC)C2)=[N+]1CC. The second-order valence-corrected chi connectivity index (χ2v) is 12.7. The first-order valence-electron chi connectivity index (χ1n) is 15.6. The Hall–Kier alpha value is -4.19. The number of para-hydroxylation sites is 1. The number of allylic oxidation sites excluding steroid dienone is 11. The second-order valence-electron chi connectivity index (χ2n) is 12.7. The molecule has 6 nitrogen and oxygen atoms in total. The molecule has 0 aromatic heterocycles. The van der Waals surface area contributed by atoms with Crippen molar-refractivity contribution in [3.63, 3.8) is 0 Å². The lowest BCUT2D eigenvalue weighted by Crippen LogP contribution is -2.42. The molecular weight excluding hydrogens is 548 g/mol. The van der Waals surface area contributed by atoms with Gasteiger partial charge in [0.15, 0.2) is 11.1 Å². The zero-order valence-electron chi connectivity index (χ0n) is 27.4. The van der Waals surface area contributed by atoms with Gasteiger partial charge in [0.2, 0.25) is 5.70 Å². The molecule has 0 amide bonds. The molecule has 0 saturated heterocycles. The van der Waals surface area contributed by atoms with Gasteiger partial charge in [0, 0.05) is 41.1 Å². The number of carbonyl (C=O) groups excluding carboxylic acids is 1. The largest absolute Gasteiger partial charge is 0.480 e. The zero-order valence-corrected chi connectivity index (χ0v) is 27.4. The summed E-state index contributed by atoms with van der Waals surface area (Å²) in [5, 5.41) is 10.5. The maximum absolute atomic E-state index is 13.3. The predicted octanol–water partition coefficient (Wildman–Crippen LogP) is 7.66. The second kappa shape index (κ2) is 12.4. The molecule has 1 N–H and O–H groups in total. The fraction of sp³-hybridized carbons (Fsp3) is 0.395. The van der Waals surface area contributed by atoms with Crippen LogP contribution >= 0.6 is 0 Å². The summed E-state index contributed by atoms with van der Waals surface area (Å²) in [5.74, 6) is -1.88. The monoisotopic (exact) mass is 595 g/mol. The highest BCUT2D eigenvalue weighted by atomic mass is 16.5. The summed E-state index contributed by atoms with van der Waals surface area (Å²) in [6.45, 7) is 24.4. The van der Waals surface area contributed by atoms with Gasteiger partial charge in [-0.15, -0.1) is 0 Å². The Kier molecular flexibility index (Phi) is 9.24. The highest BCUT2D eigenvalue weighted by molar-refractivity contribution is 6.02. The zero-order chi connectivity index (χ0) is 32.4. The number of esters is 1. The number of nitrogens with zero attached hydrogens (tertiary/aromatic N) is 2.